The standard InChI is InChI=1S/C5H7IO2.C2H4O2/c6-2-1-4-8-5-3-7;1-2(3)4/h7H,3-5H2;1H3,(H,3,4). The Labute approximate surface area is 85.1 Å². The van der Waals surface area contributed by atoms with Crippen LogP contribution in [0.2, 0.25) is 0 Å². The van der Waals surface area contributed by atoms with Gasteiger partial charge in [0.05, 0.1) is 13.2 Å². The number of carboxylic acids is 1. The quantitative estimate of drug-likeness (QED) is 0.450. The first-order valence-electron chi connectivity index (χ1n) is 3.11. The number of rotatable bonds is 3. The van der Waals surface area contributed by atoms with Gasteiger partial charge in [-0.2, -0.15) is 0 Å². The molecule has 4 nitrogen and oxygen atoms in total. The lowest BCUT2D eigenvalue weighted by Gasteiger charge is -1.91. The highest BCUT2D eigenvalue weighted by Crippen LogP contribution is 1.73. The molecule has 0 radical (unpaired) electrons. The molecular weight excluding hydrogens is 275 g/mol. The molecule has 0 aromatic heterocycles. The molecule has 12 heavy (non-hydrogen) atoms. The van der Waals surface area contributed by atoms with E-state index in [1.54, 1.807) is 0 Å². The van der Waals surface area contributed by atoms with Gasteiger partial charge in [-0.15, -0.1) is 0 Å². The van der Waals surface area contributed by atoms with E-state index in [1.165, 1.54) is 0 Å². The smallest absolute Gasteiger partial charge is 0.300 e. The van der Waals surface area contributed by atoms with Crippen LogP contribution in [0.25, 0.3) is 0 Å². The lowest BCUT2D eigenvalue weighted by molar-refractivity contribution is -0.134. The maximum absolute atomic E-state index is 9.00. The van der Waals surface area contributed by atoms with Crippen molar-refractivity contribution in [3.8, 4) is 9.85 Å². The fourth-order valence-electron chi connectivity index (χ4n) is 0.215. The van der Waals surface area contributed by atoms with Crippen LogP contribution in [-0.4, -0.2) is 36.0 Å². The molecule has 0 unspecified atom stereocenters. The molecule has 0 aromatic carbocycles. The molecule has 0 saturated carbocycles. The molecule has 0 fully saturated rings. The Bertz CT molecular complexity index is 155. The zero-order valence-electron chi connectivity index (χ0n) is 6.71. The van der Waals surface area contributed by atoms with Gasteiger partial charge in [0.1, 0.15) is 6.61 Å². The van der Waals surface area contributed by atoms with Crippen molar-refractivity contribution in [1.82, 2.24) is 0 Å². The summed E-state index contributed by atoms with van der Waals surface area (Å²) in [7, 11) is 0. The molecule has 0 atom stereocenters. The Morgan fingerprint density at radius 1 is 1.67 bits per heavy atom. The Morgan fingerprint density at radius 3 is 2.50 bits per heavy atom. The predicted molar refractivity (Wildman–Crippen MR) is 53.0 cm³/mol. The molecule has 0 spiro atoms. The van der Waals surface area contributed by atoms with Crippen molar-refractivity contribution in [3.63, 3.8) is 0 Å². The van der Waals surface area contributed by atoms with Crippen molar-refractivity contribution in [2.75, 3.05) is 19.8 Å². The monoisotopic (exact) mass is 286 g/mol. The van der Waals surface area contributed by atoms with Crippen LogP contribution in [0.3, 0.4) is 0 Å². The third-order valence-electron chi connectivity index (χ3n) is 0.477. The minimum atomic E-state index is -0.833. The number of carbonyl (C=O) groups is 1. The first-order valence-corrected chi connectivity index (χ1v) is 4.19. The van der Waals surface area contributed by atoms with Crippen molar-refractivity contribution < 1.29 is 19.7 Å². The van der Waals surface area contributed by atoms with Crippen LogP contribution in [0.5, 0.6) is 0 Å². The van der Waals surface area contributed by atoms with Crippen molar-refractivity contribution in [3.05, 3.63) is 0 Å². The molecular formula is C7H11IO4. The van der Waals surface area contributed by atoms with E-state index in [-0.39, 0.29) is 6.61 Å². The van der Waals surface area contributed by atoms with E-state index >= 15 is 0 Å². The topological polar surface area (TPSA) is 66.8 Å². The summed E-state index contributed by atoms with van der Waals surface area (Å²) in [4.78, 5) is 9.00. The van der Waals surface area contributed by atoms with E-state index in [0.717, 1.165) is 6.92 Å². The predicted octanol–water partition coefficient (Wildman–Crippen LogP) is 0.482. The van der Waals surface area contributed by atoms with Crippen molar-refractivity contribution in [2.24, 2.45) is 0 Å². The van der Waals surface area contributed by atoms with Gasteiger partial charge < -0.3 is 14.9 Å². The minimum Gasteiger partial charge on any atom is -0.481 e. The first kappa shape index (κ1) is 14.2. The van der Waals surface area contributed by atoms with E-state index in [1.807, 2.05) is 22.6 Å². The van der Waals surface area contributed by atoms with Gasteiger partial charge in [-0.25, -0.2) is 0 Å². The highest BCUT2D eigenvalue weighted by molar-refractivity contribution is 14.1. The fraction of sp³-hybridized carbons (Fsp3) is 0.571. The number of carboxylic acid groups (broad SMARTS) is 1. The lowest BCUT2D eigenvalue weighted by Crippen LogP contribution is -1.98. The molecule has 0 heterocycles. The Balaban J connectivity index is 0. The third kappa shape index (κ3) is 33.3. The molecule has 0 aliphatic carbocycles. The summed E-state index contributed by atoms with van der Waals surface area (Å²) in [6.45, 7) is 1.96. The van der Waals surface area contributed by atoms with Crippen LogP contribution >= 0.6 is 22.6 Å². The number of aliphatic hydroxyl groups excluding tert-OH is 1. The number of halogens is 1. The molecule has 0 saturated heterocycles. The van der Waals surface area contributed by atoms with E-state index in [9.17, 15) is 0 Å². The Hall–Kier alpha value is -0.320. The summed E-state index contributed by atoms with van der Waals surface area (Å²) in [5.41, 5.74) is 0. The first-order chi connectivity index (χ1) is 5.65. The van der Waals surface area contributed by atoms with Crippen LogP contribution in [0, 0.1) is 9.85 Å². The van der Waals surface area contributed by atoms with Crippen LogP contribution < -0.4 is 0 Å². The molecule has 0 aliphatic rings. The minimum absolute atomic E-state index is 0.0723. The molecule has 0 amide bonds. The van der Waals surface area contributed by atoms with E-state index in [2.05, 4.69) is 9.85 Å². The average molecular weight is 286 g/mol. The summed E-state index contributed by atoms with van der Waals surface area (Å²) < 4.78 is 7.43. The second-order valence-corrected chi connectivity index (χ2v) is 2.11. The van der Waals surface area contributed by atoms with Crippen molar-refractivity contribution in [1.29, 1.82) is 0 Å². The van der Waals surface area contributed by atoms with Gasteiger partial charge in [0, 0.05) is 29.5 Å². The average Bonchev–Trinajstić information content (AvgIpc) is 1.97. The van der Waals surface area contributed by atoms with E-state index in [0.29, 0.717) is 13.2 Å². The van der Waals surface area contributed by atoms with Gasteiger partial charge in [-0.05, 0) is 3.93 Å². The van der Waals surface area contributed by atoms with Crippen LogP contribution in [-0.2, 0) is 9.53 Å². The second kappa shape index (κ2) is 13.3. The maximum Gasteiger partial charge on any atom is 0.300 e. The summed E-state index contributed by atoms with van der Waals surface area (Å²) >= 11 is 1.94. The molecule has 0 rings (SSSR count). The van der Waals surface area contributed by atoms with Gasteiger partial charge in [0.15, 0.2) is 0 Å². The maximum atomic E-state index is 9.00. The molecule has 2 N–H and O–H groups in total. The zero-order valence-corrected chi connectivity index (χ0v) is 8.87. The Kier molecular flexibility index (Phi) is 15.7. The number of hydrogen-bond donors (Lipinski definition) is 2. The van der Waals surface area contributed by atoms with Crippen LogP contribution in [0.15, 0.2) is 0 Å². The van der Waals surface area contributed by atoms with Crippen LogP contribution in [0.4, 0.5) is 0 Å². The van der Waals surface area contributed by atoms with Crippen molar-refractivity contribution in [2.45, 2.75) is 6.92 Å². The SMILES string of the molecule is CC(=O)O.OCCOCC#CI. The molecule has 0 aliphatic heterocycles. The highest BCUT2D eigenvalue weighted by Gasteiger charge is 1.77. The number of aliphatic hydroxyl groups is 1. The largest absolute Gasteiger partial charge is 0.481 e. The van der Waals surface area contributed by atoms with Crippen molar-refractivity contribution >= 4 is 28.6 Å². The summed E-state index contributed by atoms with van der Waals surface area (Å²) in [5, 5.41) is 15.6. The third-order valence-corrected chi connectivity index (χ3v) is 0.858. The molecule has 5 heteroatoms. The zero-order chi connectivity index (χ0) is 9.82. The molecule has 0 bridgehead atoms. The number of ether oxygens (including phenoxy) is 1. The van der Waals surface area contributed by atoms with Gasteiger partial charge in [-0.3, -0.25) is 4.79 Å². The normalized spacial score (nSPS) is 7.25. The van der Waals surface area contributed by atoms with Gasteiger partial charge in [0.25, 0.3) is 5.97 Å². The summed E-state index contributed by atoms with van der Waals surface area (Å²) in [5.74, 6) is 1.85. The van der Waals surface area contributed by atoms with E-state index in [4.69, 9.17) is 19.7 Å². The van der Waals surface area contributed by atoms with Gasteiger partial charge in [0.2, 0.25) is 0 Å². The number of hydrogen-bond acceptors (Lipinski definition) is 3. The van der Waals surface area contributed by atoms with Crippen LogP contribution in [0.1, 0.15) is 6.92 Å². The van der Waals surface area contributed by atoms with Gasteiger partial charge >= 0.3 is 0 Å². The molecule has 70 valence electrons. The molecule has 0 aromatic rings. The second-order valence-electron chi connectivity index (χ2n) is 1.57. The lowest BCUT2D eigenvalue weighted by atomic mass is 10.7. The van der Waals surface area contributed by atoms with E-state index < -0.39 is 5.97 Å². The number of aliphatic carboxylic acids is 1. The summed E-state index contributed by atoms with van der Waals surface area (Å²) in [6, 6.07) is 0. The van der Waals surface area contributed by atoms with Gasteiger partial charge in [-0.1, -0.05) is 5.92 Å². The highest BCUT2D eigenvalue weighted by atomic mass is 127. The Morgan fingerprint density at radius 2 is 2.17 bits per heavy atom. The summed E-state index contributed by atoms with van der Waals surface area (Å²) in [6.07, 6.45) is 0. The fourth-order valence-corrected chi connectivity index (χ4v) is 0.371.